The van der Waals surface area contributed by atoms with Gasteiger partial charge in [0.1, 0.15) is 0 Å². The first kappa shape index (κ1) is 10.9. The van der Waals surface area contributed by atoms with E-state index in [1.165, 1.54) is 0 Å². The molecule has 1 aromatic carbocycles. The van der Waals surface area contributed by atoms with Crippen molar-refractivity contribution in [3.63, 3.8) is 0 Å². The van der Waals surface area contributed by atoms with E-state index < -0.39 is 6.10 Å². The predicted octanol–water partition coefficient (Wildman–Crippen LogP) is 1.34. The lowest BCUT2D eigenvalue weighted by Gasteiger charge is -2.17. The molecule has 0 saturated carbocycles. The molecule has 1 aliphatic carbocycles. The molecule has 2 atom stereocenters. The van der Waals surface area contributed by atoms with Crippen molar-refractivity contribution in [1.29, 1.82) is 0 Å². The van der Waals surface area contributed by atoms with Crippen LogP contribution in [-0.4, -0.2) is 17.1 Å². The number of carbonyl (C=O) groups excluding carboxylic acids is 1. The van der Waals surface area contributed by atoms with Crippen LogP contribution >= 0.6 is 0 Å². The van der Waals surface area contributed by atoms with Gasteiger partial charge in [-0.1, -0.05) is 30.8 Å². The molecule has 3 heteroatoms. The second-order valence-electron chi connectivity index (χ2n) is 4.20. The minimum atomic E-state index is -0.541. The Morgan fingerprint density at radius 2 is 2.19 bits per heavy atom. The van der Waals surface area contributed by atoms with E-state index in [1.807, 2.05) is 24.3 Å². The SMILES string of the molecule is C=C(C)C(=O)N[C@H]1c2ccccc2C[C@H]1O. The van der Waals surface area contributed by atoms with Crippen molar-refractivity contribution in [1.82, 2.24) is 5.32 Å². The third-order valence-electron chi connectivity index (χ3n) is 2.88. The van der Waals surface area contributed by atoms with E-state index >= 15 is 0 Å². The van der Waals surface area contributed by atoms with Gasteiger partial charge >= 0.3 is 0 Å². The highest BCUT2D eigenvalue weighted by atomic mass is 16.3. The van der Waals surface area contributed by atoms with Gasteiger partial charge in [0.05, 0.1) is 12.1 Å². The van der Waals surface area contributed by atoms with Crippen molar-refractivity contribution in [2.24, 2.45) is 0 Å². The molecule has 16 heavy (non-hydrogen) atoms. The van der Waals surface area contributed by atoms with Gasteiger partial charge < -0.3 is 10.4 Å². The highest BCUT2D eigenvalue weighted by molar-refractivity contribution is 5.92. The molecule has 84 valence electrons. The zero-order chi connectivity index (χ0) is 11.7. The van der Waals surface area contributed by atoms with E-state index in [1.54, 1.807) is 6.92 Å². The summed E-state index contributed by atoms with van der Waals surface area (Å²) >= 11 is 0. The first-order chi connectivity index (χ1) is 7.59. The lowest BCUT2D eigenvalue weighted by Crippen LogP contribution is -2.34. The monoisotopic (exact) mass is 217 g/mol. The van der Waals surface area contributed by atoms with Gasteiger partial charge in [-0.15, -0.1) is 0 Å². The van der Waals surface area contributed by atoms with Crippen LogP contribution in [0.4, 0.5) is 0 Å². The van der Waals surface area contributed by atoms with Crippen LogP contribution in [0, 0.1) is 0 Å². The maximum absolute atomic E-state index is 11.5. The first-order valence-electron chi connectivity index (χ1n) is 5.32. The zero-order valence-electron chi connectivity index (χ0n) is 9.23. The third-order valence-corrected chi connectivity index (χ3v) is 2.88. The Balaban J connectivity index is 2.22. The van der Waals surface area contributed by atoms with Gasteiger partial charge in [0, 0.05) is 12.0 Å². The van der Waals surface area contributed by atoms with Crippen LogP contribution in [0.15, 0.2) is 36.4 Å². The maximum atomic E-state index is 11.5. The Morgan fingerprint density at radius 3 is 2.88 bits per heavy atom. The fraction of sp³-hybridized carbons (Fsp3) is 0.308. The maximum Gasteiger partial charge on any atom is 0.246 e. The fourth-order valence-corrected chi connectivity index (χ4v) is 2.01. The van der Waals surface area contributed by atoms with Crippen molar-refractivity contribution in [3.8, 4) is 0 Å². The van der Waals surface area contributed by atoms with Crippen molar-refractivity contribution in [2.75, 3.05) is 0 Å². The Kier molecular flexibility index (Phi) is 2.79. The molecule has 0 heterocycles. The number of fused-ring (bicyclic) bond motifs is 1. The lowest BCUT2D eigenvalue weighted by molar-refractivity contribution is -0.118. The number of hydrogen-bond donors (Lipinski definition) is 2. The Bertz CT molecular complexity index is 439. The van der Waals surface area contributed by atoms with Crippen molar-refractivity contribution in [2.45, 2.75) is 25.5 Å². The number of nitrogens with one attached hydrogen (secondary N) is 1. The third kappa shape index (κ3) is 1.86. The van der Waals surface area contributed by atoms with E-state index in [9.17, 15) is 9.90 Å². The zero-order valence-corrected chi connectivity index (χ0v) is 9.23. The summed E-state index contributed by atoms with van der Waals surface area (Å²) in [6.07, 6.45) is 0.0535. The number of carbonyl (C=O) groups is 1. The van der Waals surface area contributed by atoms with Gasteiger partial charge in [-0.05, 0) is 18.1 Å². The number of benzene rings is 1. The van der Waals surface area contributed by atoms with Crippen molar-refractivity contribution in [3.05, 3.63) is 47.5 Å². The molecule has 1 amide bonds. The normalized spacial score (nSPS) is 22.6. The molecule has 2 N–H and O–H groups in total. The molecular formula is C13H15NO2. The summed E-state index contributed by atoms with van der Waals surface area (Å²) in [5, 5.41) is 12.7. The molecule has 0 aromatic heterocycles. The van der Waals surface area contributed by atoms with E-state index in [4.69, 9.17) is 0 Å². The predicted molar refractivity (Wildman–Crippen MR) is 61.9 cm³/mol. The van der Waals surface area contributed by atoms with Gasteiger partial charge in [-0.25, -0.2) is 0 Å². The van der Waals surface area contributed by atoms with Crippen molar-refractivity contribution < 1.29 is 9.90 Å². The molecule has 1 aliphatic rings. The van der Waals surface area contributed by atoms with Crippen LogP contribution < -0.4 is 5.32 Å². The molecule has 0 unspecified atom stereocenters. The summed E-state index contributed by atoms with van der Waals surface area (Å²) in [5.74, 6) is -0.208. The molecule has 1 aromatic rings. The number of amides is 1. The van der Waals surface area contributed by atoms with Gasteiger partial charge in [-0.3, -0.25) is 4.79 Å². The number of hydrogen-bond acceptors (Lipinski definition) is 2. The van der Waals surface area contributed by atoms with Gasteiger partial charge in [0.2, 0.25) is 5.91 Å². The average Bonchev–Trinajstić information content (AvgIpc) is 2.55. The van der Waals surface area contributed by atoms with E-state index in [-0.39, 0.29) is 11.9 Å². The molecule has 3 nitrogen and oxygen atoms in total. The minimum Gasteiger partial charge on any atom is -0.390 e. The highest BCUT2D eigenvalue weighted by Gasteiger charge is 2.31. The average molecular weight is 217 g/mol. The lowest BCUT2D eigenvalue weighted by atomic mass is 10.1. The Morgan fingerprint density at radius 1 is 1.50 bits per heavy atom. The Hall–Kier alpha value is -1.61. The van der Waals surface area contributed by atoms with Crippen LogP contribution in [0.3, 0.4) is 0 Å². The molecule has 0 aliphatic heterocycles. The van der Waals surface area contributed by atoms with Gasteiger partial charge in [0.15, 0.2) is 0 Å². The summed E-state index contributed by atoms with van der Waals surface area (Å²) in [6.45, 7) is 5.24. The highest BCUT2D eigenvalue weighted by Crippen LogP contribution is 2.31. The van der Waals surface area contributed by atoms with Crippen LogP contribution in [0.5, 0.6) is 0 Å². The number of aliphatic hydroxyl groups is 1. The number of aliphatic hydroxyl groups excluding tert-OH is 1. The van der Waals surface area contributed by atoms with E-state index in [0.717, 1.165) is 11.1 Å². The molecule has 0 saturated heterocycles. The van der Waals surface area contributed by atoms with Gasteiger partial charge in [-0.2, -0.15) is 0 Å². The minimum absolute atomic E-state index is 0.208. The smallest absolute Gasteiger partial charge is 0.246 e. The molecule has 2 rings (SSSR count). The largest absolute Gasteiger partial charge is 0.390 e. The van der Waals surface area contributed by atoms with E-state index in [0.29, 0.717) is 12.0 Å². The second-order valence-corrected chi connectivity index (χ2v) is 4.20. The summed E-state index contributed by atoms with van der Waals surface area (Å²) in [6, 6.07) is 7.46. The van der Waals surface area contributed by atoms with Gasteiger partial charge in [0.25, 0.3) is 0 Å². The van der Waals surface area contributed by atoms with Crippen LogP contribution in [0.2, 0.25) is 0 Å². The van der Waals surface area contributed by atoms with E-state index in [2.05, 4.69) is 11.9 Å². The quantitative estimate of drug-likeness (QED) is 0.734. The summed E-state index contributed by atoms with van der Waals surface area (Å²) in [5.41, 5.74) is 2.56. The molecule has 0 spiro atoms. The summed E-state index contributed by atoms with van der Waals surface area (Å²) < 4.78 is 0. The molecule has 0 bridgehead atoms. The van der Waals surface area contributed by atoms with Crippen LogP contribution in [-0.2, 0) is 11.2 Å². The second kappa shape index (κ2) is 4.10. The fourth-order valence-electron chi connectivity index (χ4n) is 2.01. The standard InChI is InChI=1S/C13H15NO2/c1-8(2)13(16)14-12-10-6-4-3-5-9(10)7-11(12)15/h3-6,11-12,15H,1,7H2,2H3,(H,14,16)/t11-,12+/m1/s1. The van der Waals surface area contributed by atoms with Crippen molar-refractivity contribution >= 4 is 5.91 Å². The van der Waals surface area contributed by atoms with Crippen LogP contribution in [0.1, 0.15) is 24.1 Å². The topological polar surface area (TPSA) is 49.3 Å². The summed E-state index contributed by atoms with van der Waals surface area (Å²) in [7, 11) is 0. The Labute approximate surface area is 94.8 Å². The first-order valence-corrected chi connectivity index (χ1v) is 5.32. The molecule has 0 radical (unpaired) electrons. The molecular weight excluding hydrogens is 202 g/mol. The summed E-state index contributed by atoms with van der Waals surface area (Å²) in [4.78, 5) is 11.5. The molecule has 0 fully saturated rings. The van der Waals surface area contributed by atoms with Crippen LogP contribution in [0.25, 0.3) is 0 Å². The number of rotatable bonds is 2.